The number of halogens is 1. The number of nitrogens with zero attached hydrogens (tertiary/aromatic N) is 5. The molecule has 10 heteroatoms. The van der Waals surface area contributed by atoms with Crippen molar-refractivity contribution in [1.82, 2.24) is 24.7 Å². The molecule has 4 rings (SSSR count). The first-order chi connectivity index (χ1) is 16.6. The Morgan fingerprint density at radius 2 is 1.83 bits per heavy atom. The maximum absolute atomic E-state index is 14.3. The summed E-state index contributed by atoms with van der Waals surface area (Å²) in [5, 5.41) is 13.7. The summed E-state index contributed by atoms with van der Waals surface area (Å²) < 4.78 is 15.9. The van der Waals surface area contributed by atoms with E-state index in [1.807, 2.05) is 26.0 Å². The summed E-state index contributed by atoms with van der Waals surface area (Å²) >= 11 is 0. The molecule has 35 heavy (non-hydrogen) atoms. The number of pyridine rings is 1. The Kier molecular flexibility index (Phi) is 6.46. The Balaban J connectivity index is 1.60. The third kappa shape index (κ3) is 5.43. The van der Waals surface area contributed by atoms with E-state index in [1.54, 1.807) is 36.0 Å². The monoisotopic (exact) mass is 474 g/mol. The van der Waals surface area contributed by atoms with Crippen LogP contribution in [0.15, 0.2) is 55.0 Å². The number of rotatable bonds is 7. The van der Waals surface area contributed by atoms with Crippen LogP contribution in [0.1, 0.15) is 41.2 Å². The van der Waals surface area contributed by atoms with Crippen molar-refractivity contribution in [2.45, 2.75) is 33.4 Å². The standard InChI is InChI=1S/C25H27FN8O/c1-15-6-7-17(24(35)31-18-8-9-28-20(12-18)25(3,4)26)11-19(15)32-23-10-16(2)33-34(23)22-13-21(27-5)29-14-30-22/h6-14,32H,1-5H3,(H,27,29,30)(H,28,31,35). The Hall–Kier alpha value is -4.34. The lowest BCUT2D eigenvalue weighted by Crippen LogP contribution is -2.15. The molecule has 0 fully saturated rings. The van der Waals surface area contributed by atoms with Gasteiger partial charge in [-0.05, 0) is 57.5 Å². The molecule has 0 spiro atoms. The van der Waals surface area contributed by atoms with E-state index in [9.17, 15) is 9.18 Å². The summed E-state index contributed by atoms with van der Waals surface area (Å²) in [5.41, 5.74) is 2.03. The number of hydrogen-bond acceptors (Lipinski definition) is 7. The first-order valence-electron chi connectivity index (χ1n) is 11.1. The molecule has 4 aromatic rings. The highest BCUT2D eigenvalue weighted by Crippen LogP contribution is 2.27. The summed E-state index contributed by atoms with van der Waals surface area (Å²) in [7, 11) is 1.78. The van der Waals surface area contributed by atoms with E-state index in [2.05, 4.69) is 36.0 Å². The van der Waals surface area contributed by atoms with Gasteiger partial charge in [-0.25, -0.2) is 14.4 Å². The van der Waals surface area contributed by atoms with Crippen molar-refractivity contribution in [3.63, 3.8) is 0 Å². The fourth-order valence-corrected chi connectivity index (χ4v) is 3.44. The second-order valence-corrected chi connectivity index (χ2v) is 8.61. The fourth-order valence-electron chi connectivity index (χ4n) is 3.44. The first kappa shape index (κ1) is 23.8. The van der Waals surface area contributed by atoms with Crippen molar-refractivity contribution < 1.29 is 9.18 Å². The van der Waals surface area contributed by atoms with Crippen LogP contribution in [0.25, 0.3) is 5.82 Å². The van der Waals surface area contributed by atoms with Crippen LogP contribution in [0.2, 0.25) is 0 Å². The van der Waals surface area contributed by atoms with Crippen molar-refractivity contribution in [3.8, 4) is 5.82 Å². The number of carbonyl (C=O) groups is 1. The molecule has 180 valence electrons. The molecule has 0 atom stereocenters. The lowest BCUT2D eigenvalue weighted by Gasteiger charge is -2.15. The fraction of sp³-hybridized carbons (Fsp3) is 0.240. The largest absolute Gasteiger partial charge is 0.373 e. The van der Waals surface area contributed by atoms with Crippen LogP contribution in [0, 0.1) is 13.8 Å². The van der Waals surface area contributed by atoms with E-state index in [-0.39, 0.29) is 11.6 Å². The maximum Gasteiger partial charge on any atom is 0.255 e. The van der Waals surface area contributed by atoms with E-state index >= 15 is 0 Å². The molecular weight excluding hydrogens is 447 g/mol. The number of aromatic nitrogens is 5. The molecule has 0 saturated carbocycles. The minimum atomic E-state index is -1.61. The third-order valence-corrected chi connectivity index (χ3v) is 5.35. The minimum Gasteiger partial charge on any atom is -0.373 e. The van der Waals surface area contributed by atoms with Gasteiger partial charge in [0.25, 0.3) is 5.91 Å². The molecule has 0 saturated heterocycles. The molecule has 0 unspecified atom stereocenters. The van der Waals surface area contributed by atoms with Crippen LogP contribution >= 0.6 is 0 Å². The number of nitrogens with one attached hydrogen (secondary N) is 3. The van der Waals surface area contributed by atoms with Gasteiger partial charge in [-0.15, -0.1) is 0 Å². The predicted octanol–water partition coefficient (Wildman–Crippen LogP) is 4.92. The normalized spacial score (nSPS) is 11.3. The van der Waals surface area contributed by atoms with E-state index in [0.29, 0.717) is 28.7 Å². The van der Waals surface area contributed by atoms with E-state index in [1.165, 1.54) is 32.4 Å². The van der Waals surface area contributed by atoms with E-state index in [4.69, 9.17) is 0 Å². The lowest BCUT2D eigenvalue weighted by atomic mass is 10.1. The van der Waals surface area contributed by atoms with Gasteiger partial charge in [0.1, 0.15) is 23.6 Å². The Bertz CT molecular complexity index is 1380. The first-order valence-corrected chi connectivity index (χ1v) is 11.1. The number of alkyl halides is 1. The molecule has 1 aromatic carbocycles. The average Bonchev–Trinajstić information content (AvgIpc) is 3.20. The van der Waals surface area contributed by atoms with Crippen LogP contribution in [-0.4, -0.2) is 37.7 Å². The third-order valence-electron chi connectivity index (χ3n) is 5.35. The van der Waals surface area contributed by atoms with Gasteiger partial charge in [0, 0.05) is 42.3 Å². The zero-order valence-corrected chi connectivity index (χ0v) is 20.2. The van der Waals surface area contributed by atoms with E-state index in [0.717, 1.165) is 16.9 Å². The summed E-state index contributed by atoms with van der Waals surface area (Å²) in [6.45, 7) is 6.68. The van der Waals surface area contributed by atoms with Crippen LogP contribution in [-0.2, 0) is 5.67 Å². The molecule has 0 bridgehead atoms. The number of anilines is 4. The number of carbonyl (C=O) groups excluding carboxylic acids is 1. The van der Waals surface area contributed by atoms with Crippen LogP contribution in [0.4, 0.5) is 27.4 Å². The maximum atomic E-state index is 14.3. The molecule has 0 radical (unpaired) electrons. The molecule has 0 aliphatic carbocycles. The second kappa shape index (κ2) is 9.49. The zero-order valence-electron chi connectivity index (χ0n) is 20.2. The van der Waals surface area contributed by atoms with Gasteiger partial charge >= 0.3 is 0 Å². The Labute approximate surface area is 202 Å². The number of amides is 1. The topological polar surface area (TPSA) is 110 Å². The van der Waals surface area contributed by atoms with Crippen molar-refractivity contribution in [2.75, 3.05) is 23.0 Å². The number of hydrogen-bond donors (Lipinski definition) is 3. The molecule has 1 amide bonds. The van der Waals surface area contributed by atoms with E-state index < -0.39 is 5.67 Å². The Morgan fingerprint density at radius 1 is 1.03 bits per heavy atom. The smallest absolute Gasteiger partial charge is 0.255 e. The van der Waals surface area contributed by atoms with Gasteiger partial charge in [-0.2, -0.15) is 9.78 Å². The lowest BCUT2D eigenvalue weighted by molar-refractivity contribution is 0.102. The number of benzene rings is 1. The van der Waals surface area contributed by atoms with Gasteiger partial charge in [0.15, 0.2) is 5.82 Å². The highest BCUT2D eigenvalue weighted by atomic mass is 19.1. The summed E-state index contributed by atoms with van der Waals surface area (Å²) in [5.74, 6) is 1.63. The summed E-state index contributed by atoms with van der Waals surface area (Å²) in [6, 6.07) is 12.2. The van der Waals surface area contributed by atoms with Gasteiger partial charge in [-0.3, -0.25) is 9.78 Å². The molecule has 9 nitrogen and oxygen atoms in total. The van der Waals surface area contributed by atoms with Gasteiger partial charge < -0.3 is 16.0 Å². The minimum absolute atomic E-state index is 0.247. The van der Waals surface area contributed by atoms with Crippen LogP contribution in [0.5, 0.6) is 0 Å². The average molecular weight is 475 g/mol. The van der Waals surface area contributed by atoms with Crippen LogP contribution < -0.4 is 16.0 Å². The molecule has 0 aliphatic heterocycles. The van der Waals surface area contributed by atoms with Crippen LogP contribution in [0.3, 0.4) is 0 Å². The predicted molar refractivity (Wildman–Crippen MR) is 134 cm³/mol. The number of aryl methyl sites for hydroxylation is 2. The van der Waals surface area contributed by atoms with Crippen molar-refractivity contribution >= 4 is 28.9 Å². The highest BCUT2D eigenvalue weighted by molar-refractivity contribution is 6.05. The van der Waals surface area contributed by atoms with Crippen molar-refractivity contribution in [3.05, 3.63) is 77.5 Å². The van der Waals surface area contributed by atoms with Gasteiger partial charge in [-0.1, -0.05) is 6.07 Å². The molecule has 3 aromatic heterocycles. The second-order valence-electron chi connectivity index (χ2n) is 8.61. The SMILES string of the molecule is CNc1cc(-n2nc(C)cc2Nc2cc(C(=O)Nc3ccnc(C(C)(C)F)c3)ccc2C)ncn1. The van der Waals surface area contributed by atoms with Crippen molar-refractivity contribution in [2.24, 2.45) is 0 Å². The van der Waals surface area contributed by atoms with Crippen molar-refractivity contribution in [1.29, 1.82) is 0 Å². The summed E-state index contributed by atoms with van der Waals surface area (Å²) in [4.78, 5) is 25.5. The molecule has 0 aliphatic rings. The van der Waals surface area contributed by atoms with Gasteiger partial charge in [0.05, 0.1) is 11.4 Å². The molecule has 3 N–H and O–H groups in total. The summed E-state index contributed by atoms with van der Waals surface area (Å²) in [6.07, 6.45) is 2.94. The highest BCUT2D eigenvalue weighted by Gasteiger charge is 2.21. The molecular formula is C25H27FN8O. The quantitative estimate of drug-likeness (QED) is 0.349. The molecule has 3 heterocycles. The Morgan fingerprint density at radius 3 is 2.57 bits per heavy atom. The zero-order chi connectivity index (χ0) is 25.2. The van der Waals surface area contributed by atoms with Gasteiger partial charge in [0.2, 0.25) is 0 Å².